The Morgan fingerprint density at radius 3 is 2.63 bits per heavy atom. The quantitative estimate of drug-likeness (QED) is 0.835. The number of aliphatic hydroxyl groups excluding tert-OH is 1. The molecule has 2 rings (SSSR count). The topological polar surface area (TPSA) is 55.5 Å². The normalized spacial score (nSPS) is 12.2. The van der Waals surface area contributed by atoms with Crippen molar-refractivity contribution >= 4 is 5.69 Å². The van der Waals surface area contributed by atoms with Gasteiger partial charge in [-0.1, -0.05) is 24.3 Å². The van der Waals surface area contributed by atoms with Crippen molar-refractivity contribution in [2.24, 2.45) is 0 Å². The second-order valence-electron chi connectivity index (χ2n) is 4.37. The molecule has 2 aromatic rings. The molecule has 1 unspecified atom stereocenters. The third-order valence-electron chi connectivity index (χ3n) is 3.13. The number of hydrogen-bond acceptors (Lipinski definition) is 3. The second kappa shape index (κ2) is 5.28. The SMILES string of the molecule is COc1cccc(C(O)c2ccc(C)c(F)c2)c1N. The molecule has 0 heterocycles. The average molecular weight is 261 g/mol. The zero-order valence-electron chi connectivity index (χ0n) is 10.9. The molecule has 4 heteroatoms. The van der Waals surface area contributed by atoms with Crippen LogP contribution < -0.4 is 10.5 Å². The first-order valence-corrected chi connectivity index (χ1v) is 5.91. The highest BCUT2D eigenvalue weighted by Crippen LogP contribution is 2.33. The van der Waals surface area contributed by atoms with Gasteiger partial charge in [-0.2, -0.15) is 0 Å². The van der Waals surface area contributed by atoms with Crippen LogP contribution in [0.15, 0.2) is 36.4 Å². The van der Waals surface area contributed by atoms with E-state index in [-0.39, 0.29) is 5.82 Å². The van der Waals surface area contributed by atoms with Gasteiger partial charge in [0.1, 0.15) is 17.7 Å². The Morgan fingerprint density at radius 2 is 2.00 bits per heavy atom. The summed E-state index contributed by atoms with van der Waals surface area (Å²) in [5.41, 5.74) is 7.78. The summed E-state index contributed by atoms with van der Waals surface area (Å²) in [5.74, 6) is 0.141. The third kappa shape index (κ3) is 2.53. The molecular weight excluding hydrogens is 245 g/mol. The number of hydrogen-bond donors (Lipinski definition) is 2. The molecule has 100 valence electrons. The van der Waals surface area contributed by atoms with Crippen molar-refractivity contribution < 1.29 is 14.2 Å². The van der Waals surface area contributed by atoms with Gasteiger partial charge in [0.15, 0.2) is 0 Å². The number of nitrogen functional groups attached to an aromatic ring is 1. The Kier molecular flexibility index (Phi) is 3.71. The van der Waals surface area contributed by atoms with Crippen LogP contribution in [0.5, 0.6) is 5.75 Å². The predicted molar refractivity (Wildman–Crippen MR) is 72.6 cm³/mol. The lowest BCUT2D eigenvalue weighted by Gasteiger charge is -2.16. The number of anilines is 1. The van der Waals surface area contributed by atoms with Crippen molar-refractivity contribution in [3.63, 3.8) is 0 Å². The van der Waals surface area contributed by atoms with Gasteiger partial charge < -0.3 is 15.6 Å². The van der Waals surface area contributed by atoms with E-state index in [4.69, 9.17) is 10.5 Å². The van der Waals surface area contributed by atoms with Gasteiger partial charge in [0.2, 0.25) is 0 Å². The summed E-state index contributed by atoms with van der Waals surface area (Å²) in [6.45, 7) is 1.67. The maximum atomic E-state index is 13.5. The maximum absolute atomic E-state index is 13.5. The number of halogens is 1. The predicted octanol–water partition coefficient (Wildman–Crippen LogP) is 2.81. The van der Waals surface area contributed by atoms with Crippen LogP contribution in [0.25, 0.3) is 0 Å². The van der Waals surface area contributed by atoms with Crippen LogP contribution in [0.3, 0.4) is 0 Å². The van der Waals surface area contributed by atoms with Gasteiger partial charge in [0.25, 0.3) is 0 Å². The summed E-state index contributed by atoms with van der Waals surface area (Å²) in [4.78, 5) is 0. The summed E-state index contributed by atoms with van der Waals surface area (Å²) in [5, 5.41) is 10.3. The number of aryl methyl sites for hydroxylation is 1. The molecule has 0 amide bonds. The van der Waals surface area contributed by atoms with Crippen LogP contribution in [-0.2, 0) is 0 Å². The first-order chi connectivity index (χ1) is 9.04. The Morgan fingerprint density at radius 1 is 1.26 bits per heavy atom. The number of nitrogens with two attached hydrogens (primary N) is 1. The van der Waals surface area contributed by atoms with E-state index in [9.17, 15) is 9.50 Å². The molecule has 0 saturated heterocycles. The Labute approximate surface area is 111 Å². The van der Waals surface area contributed by atoms with Gasteiger partial charge in [-0.25, -0.2) is 4.39 Å². The number of aliphatic hydroxyl groups is 1. The van der Waals surface area contributed by atoms with Crippen LogP contribution in [0.1, 0.15) is 22.8 Å². The van der Waals surface area contributed by atoms with Crippen molar-refractivity contribution in [2.75, 3.05) is 12.8 Å². The van der Waals surface area contributed by atoms with Crippen molar-refractivity contribution in [1.29, 1.82) is 0 Å². The van der Waals surface area contributed by atoms with Crippen LogP contribution in [0, 0.1) is 12.7 Å². The van der Waals surface area contributed by atoms with E-state index in [0.717, 1.165) is 0 Å². The Hall–Kier alpha value is -2.07. The second-order valence-corrected chi connectivity index (χ2v) is 4.37. The molecular formula is C15H16FNO2. The van der Waals surface area contributed by atoms with Crippen LogP contribution in [-0.4, -0.2) is 12.2 Å². The molecule has 3 N–H and O–H groups in total. The molecule has 0 spiro atoms. The number of ether oxygens (including phenoxy) is 1. The molecule has 0 saturated carbocycles. The minimum absolute atomic E-state index is 0.349. The maximum Gasteiger partial charge on any atom is 0.142 e. The summed E-state index contributed by atoms with van der Waals surface area (Å²) in [7, 11) is 1.51. The van der Waals surface area contributed by atoms with E-state index in [1.165, 1.54) is 13.2 Å². The van der Waals surface area contributed by atoms with Crippen LogP contribution in [0.2, 0.25) is 0 Å². The summed E-state index contributed by atoms with van der Waals surface area (Å²) < 4.78 is 18.6. The fourth-order valence-corrected chi connectivity index (χ4v) is 1.94. The summed E-state index contributed by atoms with van der Waals surface area (Å²) in [6, 6.07) is 9.77. The van der Waals surface area contributed by atoms with Gasteiger partial charge >= 0.3 is 0 Å². The Balaban J connectivity index is 2.43. The van der Waals surface area contributed by atoms with Crippen molar-refractivity contribution in [1.82, 2.24) is 0 Å². The van der Waals surface area contributed by atoms with Gasteiger partial charge in [0.05, 0.1) is 12.8 Å². The van der Waals surface area contributed by atoms with Gasteiger partial charge in [-0.15, -0.1) is 0 Å². The lowest BCUT2D eigenvalue weighted by Crippen LogP contribution is -2.05. The van der Waals surface area contributed by atoms with E-state index in [0.29, 0.717) is 28.1 Å². The van der Waals surface area contributed by atoms with Crippen molar-refractivity contribution in [3.8, 4) is 5.75 Å². The highest BCUT2D eigenvalue weighted by atomic mass is 19.1. The van der Waals surface area contributed by atoms with E-state index in [1.807, 2.05) is 0 Å². The monoisotopic (exact) mass is 261 g/mol. The van der Waals surface area contributed by atoms with E-state index in [1.54, 1.807) is 37.3 Å². The fraction of sp³-hybridized carbons (Fsp3) is 0.200. The van der Waals surface area contributed by atoms with Crippen LogP contribution >= 0.6 is 0 Å². The highest BCUT2D eigenvalue weighted by Gasteiger charge is 2.16. The first-order valence-electron chi connectivity index (χ1n) is 5.91. The van der Waals surface area contributed by atoms with Gasteiger partial charge in [0, 0.05) is 5.56 Å². The standard InChI is InChI=1S/C15H16FNO2/c1-9-6-7-10(8-12(9)16)15(18)11-4-3-5-13(19-2)14(11)17/h3-8,15,18H,17H2,1-2H3. The summed E-state index contributed by atoms with van der Waals surface area (Å²) in [6.07, 6.45) is -0.981. The molecule has 0 aliphatic rings. The van der Waals surface area contributed by atoms with E-state index < -0.39 is 6.10 Å². The van der Waals surface area contributed by atoms with E-state index >= 15 is 0 Å². The largest absolute Gasteiger partial charge is 0.495 e. The molecule has 0 aliphatic carbocycles. The third-order valence-corrected chi connectivity index (χ3v) is 3.13. The minimum Gasteiger partial charge on any atom is -0.495 e. The molecule has 0 radical (unpaired) electrons. The number of methoxy groups -OCH3 is 1. The summed E-state index contributed by atoms with van der Waals surface area (Å²) >= 11 is 0. The molecule has 0 fully saturated rings. The molecule has 19 heavy (non-hydrogen) atoms. The zero-order valence-corrected chi connectivity index (χ0v) is 10.9. The van der Waals surface area contributed by atoms with Gasteiger partial charge in [-0.05, 0) is 30.2 Å². The number of para-hydroxylation sites is 1. The number of rotatable bonds is 3. The molecule has 3 nitrogen and oxygen atoms in total. The Bertz CT molecular complexity index is 599. The molecule has 0 aromatic heterocycles. The lowest BCUT2D eigenvalue weighted by atomic mass is 9.98. The molecule has 0 aliphatic heterocycles. The van der Waals surface area contributed by atoms with Crippen molar-refractivity contribution in [2.45, 2.75) is 13.0 Å². The number of benzene rings is 2. The highest BCUT2D eigenvalue weighted by molar-refractivity contribution is 5.60. The smallest absolute Gasteiger partial charge is 0.142 e. The van der Waals surface area contributed by atoms with Crippen LogP contribution in [0.4, 0.5) is 10.1 Å². The lowest BCUT2D eigenvalue weighted by molar-refractivity contribution is 0.220. The molecule has 0 bridgehead atoms. The first kappa shape index (κ1) is 13.4. The van der Waals surface area contributed by atoms with Crippen molar-refractivity contribution in [3.05, 3.63) is 58.9 Å². The van der Waals surface area contributed by atoms with Gasteiger partial charge in [-0.3, -0.25) is 0 Å². The minimum atomic E-state index is -0.981. The average Bonchev–Trinajstić information content (AvgIpc) is 2.41. The molecule has 2 aromatic carbocycles. The fourth-order valence-electron chi connectivity index (χ4n) is 1.94. The molecule has 1 atom stereocenters. The zero-order chi connectivity index (χ0) is 14.0. The van der Waals surface area contributed by atoms with E-state index in [2.05, 4.69) is 0 Å².